The van der Waals surface area contributed by atoms with Gasteiger partial charge < -0.3 is 29.8 Å². The highest BCUT2D eigenvalue weighted by Gasteiger charge is 2.26. The van der Waals surface area contributed by atoms with Gasteiger partial charge in [-0.1, -0.05) is 60.7 Å². The SMILES string of the molecule is O=C(NCCCCC(NC(=O)c1coc(C2CCCNC2)n1)C(=O)OCc1ccccc1)OCc1ccccc1. The fraction of sp³-hybridized carbons (Fsp3) is 0.400. The Kier molecular flexibility index (Phi) is 11.1. The molecule has 1 saturated heterocycles. The first-order valence-electron chi connectivity index (χ1n) is 13.7. The average Bonchev–Trinajstić information content (AvgIpc) is 3.50. The van der Waals surface area contributed by atoms with E-state index < -0.39 is 24.0 Å². The maximum Gasteiger partial charge on any atom is 0.407 e. The Bertz CT molecular complexity index is 1210. The van der Waals surface area contributed by atoms with Crippen LogP contribution in [0.2, 0.25) is 0 Å². The molecule has 10 heteroatoms. The molecule has 212 valence electrons. The van der Waals surface area contributed by atoms with Crippen molar-refractivity contribution in [2.75, 3.05) is 19.6 Å². The fourth-order valence-corrected chi connectivity index (χ4v) is 4.39. The van der Waals surface area contributed by atoms with E-state index in [4.69, 9.17) is 13.9 Å². The van der Waals surface area contributed by atoms with Crippen molar-refractivity contribution in [3.05, 3.63) is 89.6 Å². The molecule has 2 unspecified atom stereocenters. The monoisotopic (exact) mass is 548 g/mol. The number of esters is 1. The quantitative estimate of drug-likeness (QED) is 0.215. The minimum atomic E-state index is -0.877. The molecule has 40 heavy (non-hydrogen) atoms. The van der Waals surface area contributed by atoms with Gasteiger partial charge in [-0.15, -0.1) is 0 Å². The van der Waals surface area contributed by atoms with Crippen molar-refractivity contribution < 1.29 is 28.3 Å². The number of ether oxygens (including phenoxy) is 2. The zero-order chi connectivity index (χ0) is 28.0. The summed E-state index contributed by atoms with van der Waals surface area (Å²) >= 11 is 0. The number of nitrogens with one attached hydrogen (secondary N) is 3. The summed E-state index contributed by atoms with van der Waals surface area (Å²) < 4.78 is 16.3. The third kappa shape index (κ3) is 9.23. The molecule has 0 bridgehead atoms. The Hall–Kier alpha value is -4.18. The Morgan fingerprint density at radius 2 is 1.68 bits per heavy atom. The number of aromatic nitrogens is 1. The van der Waals surface area contributed by atoms with Crippen LogP contribution in [-0.4, -0.2) is 48.6 Å². The van der Waals surface area contributed by atoms with Gasteiger partial charge in [-0.3, -0.25) is 4.79 Å². The number of benzene rings is 2. The number of alkyl carbamates (subject to hydrolysis) is 1. The lowest BCUT2D eigenvalue weighted by molar-refractivity contribution is -0.147. The molecule has 2 aromatic carbocycles. The third-order valence-electron chi connectivity index (χ3n) is 6.62. The first kappa shape index (κ1) is 28.8. The van der Waals surface area contributed by atoms with Gasteiger partial charge in [0, 0.05) is 19.0 Å². The number of hydrogen-bond acceptors (Lipinski definition) is 8. The van der Waals surface area contributed by atoms with Crippen molar-refractivity contribution in [2.45, 2.75) is 57.3 Å². The summed E-state index contributed by atoms with van der Waals surface area (Å²) in [5.41, 5.74) is 1.88. The van der Waals surface area contributed by atoms with E-state index in [1.807, 2.05) is 60.7 Å². The van der Waals surface area contributed by atoms with Crippen LogP contribution in [0.5, 0.6) is 0 Å². The summed E-state index contributed by atoms with van der Waals surface area (Å²) in [6.45, 7) is 2.37. The number of piperidine rings is 1. The van der Waals surface area contributed by atoms with Crippen LogP contribution in [0.3, 0.4) is 0 Å². The molecule has 1 aliphatic rings. The molecule has 1 fully saturated rings. The minimum Gasteiger partial charge on any atom is -0.459 e. The second-order valence-electron chi connectivity index (χ2n) is 9.72. The van der Waals surface area contributed by atoms with Gasteiger partial charge in [0.05, 0.1) is 0 Å². The Morgan fingerprint density at radius 1 is 0.975 bits per heavy atom. The van der Waals surface area contributed by atoms with Crippen LogP contribution in [0.1, 0.15) is 65.5 Å². The number of carbonyl (C=O) groups is 3. The lowest BCUT2D eigenvalue weighted by atomic mass is 10.00. The molecule has 2 amide bonds. The summed E-state index contributed by atoms with van der Waals surface area (Å²) in [4.78, 5) is 42.3. The predicted molar refractivity (Wildman–Crippen MR) is 147 cm³/mol. The zero-order valence-corrected chi connectivity index (χ0v) is 22.5. The molecular formula is C30H36N4O6. The fourth-order valence-electron chi connectivity index (χ4n) is 4.39. The Balaban J connectivity index is 1.26. The normalized spacial score (nSPS) is 15.6. The summed E-state index contributed by atoms with van der Waals surface area (Å²) in [5, 5.41) is 8.78. The van der Waals surface area contributed by atoms with Gasteiger partial charge in [0.2, 0.25) is 0 Å². The van der Waals surface area contributed by atoms with E-state index >= 15 is 0 Å². The zero-order valence-electron chi connectivity index (χ0n) is 22.5. The van der Waals surface area contributed by atoms with Crippen LogP contribution in [0, 0.1) is 0 Å². The molecule has 3 aromatic rings. The number of carbonyl (C=O) groups excluding carboxylic acids is 3. The summed E-state index contributed by atoms with van der Waals surface area (Å²) in [5.74, 6) is -0.393. The number of hydrogen-bond donors (Lipinski definition) is 3. The van der Waals surface area contributed by atoms with Gasteiger partial charge in [-0.25, -0.2) is 14.6 Å². The van der Waals surface area contributed by atoms with Crippen molar-refractivity contribution in [3.63, 3.8) is 0 Å². The van der Waals surface area contributed by atoms with Crippen LogP contribution < -0.4 is 16.0 Å². The molecule has 2 heterocycles. The Morgan fingerprint density at radius 3 is 2.35 bits per heavy atom. The van der Waals surface area contributed by atoms with Crippen molar-refractivity contribution >= 4 is 18.0 Å². The number of amides is 2. The van der Waals surface area contributed by atoms with Gasteiger partial charge in [0.1, 0.15) is 25.5 Å². The molecule has 10 nitrogen and oxygen atoms in total. The summed E-state index contributed by atoms with van der Waals surface area (Å²) in [6.07, 6.45) is 4.25. The van der Waals surface area contributed by atoms with Gasteiger partial charge >= 0.3 is 12.1 Å². The molecule has 4 rings (SSSR count). The predicted octanol–water partition coefficient (Wildman–Crippen LogP) is 4.08. The first-order valence-corrected chi connectivity index (χ1v) is 13.7. The largest absolute Gasteiger partial charge is 0.459 e. The summed E-state index contributed by atoms with van der Waals surface area (Å²) in [6, 6.07) is 17.9. The van der Waals surface area contributed by atoms with Crippen molar-refractivity contribution in [3.8, 4) is 0 Å². The maximum absolute atomic E-state index is 13.0. The second kappa shape index (κ2) is 15.4. The summed E-state index contributed by atoms with van der Waals surface area (Å²) in [7, 11) is 0. The van der Waals surface area contributed by atoms with E-state index in [2.05, 4.69) is 20.9 Å². The number of unbranched alkanes of at least 4 members (excludes halogenated alkanes) is 1. The van der Waals surface area contributed by atoms with Gasteiger partial charge in [0.25, 0.3) is 5.91 Å². The van der Waals surface area contributed by atoms with Crippen molar-refractivity contribution in [2.24, 2.45) is 0 Å². The molecule has 0 saturated carbocycles. The average molecular weight is 549 g/mol. The standard InChI is InChI=1S/C30H36N4O6/c35-27(26-21-38-28(34-26)24-14-9-16-31-18-24)33-25(29(36)39-19-22-10-3-1-4-11-22)15-7-8-17-32-30(37)40-20-23-12-5-2-6-13-23/h1-6,10-13,21,24-25,31H,7-9,14-20H2,(H,32,37)(H,33,35). The highest BCUT2D eigenvalue weighted by atomic mass is 16.5. The topological polar surface area (TPSA) is 132 Å². The molecule has 0 aliphatic carbocycles. The van der Waals surface area contributed by atoms with Crippen molar-refractivity contribution in [1.29, 1.82) is 0 Å². The third-order valence-corrected chi connectivity index (χ3v) is 6.62. The van der Waals surface area contributed by atoms with E-state index in [1.54, 1.807) is 0 Å². The van der Waals surface area contributed by atoms with Crippen LogP contribution in [0.4, 0.5) is 4.79 Å². The van der Waals surface area contributed by atoms with E-state index in [0.29, 0.717) is 31.7 Å². The van der Waals surface area contributed by atoms with E-state index in [-0.39, 0.29) is 24.8 Å². The second-order valence-corrected chi connectivity index (χ2v) is 9.72. The highest BCUT2D eigenvalue weighted by Crippen LogP contribution is 2.22. The van der Waals surface area contributed by atoms with Gasteiger partial charge in [0.15, 0.2) is 11.6 Å². The lowest BCUT2D eigenvalue weighted by Gasteiger charge is -2.19. The maximum atomic E-state index is 13.0. The van der Waals surface area contributed by atoms with E-state index in [1.165, 1.54) is 6.26 Å². The van der Waals surface area contributed by atoms with Crippen LogP contribution in [0.25, 0.3) is 0 Å². The first-order chi connectivity index (χ1) is 19.6. The number of rotatable bonds is 13. The molecule has 2 atom stereocenters. The van der Waals surface area contributed by atoms with Crippen LogP contribution >= 0.6 is 0 Å². The molecule has 0 spiro atoms. The van der Waals surface area contributed by atoms with E-state index in [9.17, 15) is 14.4 Å². The molecule has 1 aliphatic heterocycles. The van der Waals surface area contributed by atoms with Gasteiger partial charge in [-0.05, 0) is 49.8 Å². The molecule has 0 radical (unpaired) electrons. The van der Waals surface area contributed by atoms with Crippen LogP contribution in [0.15, 0.2) is 71.3 Å². The van der Waals surface area contributed by atoms with Crippen LogP contribution in [-0.2, 0) is 27.5 Å². The van der Waals surface area contributed by atoms with Gasteiger partial charge in [-0.2, -0.15) is 0 Å². The highest BCUT2D eigenvalue weighted by molar-refractivity contribution is 5.94. The smallest absolute Gasteiger partial charge is 0.407 e. The lowest BCUT2D eigenvalue weighted by Crippen LogP contribution is -2.42. The number of nitrogens with zero attached hydrogens (tertiary/aromatic N) is 1. The Labute approximate surface area is 233 Å². The van der Waals surface area contributed by atoms with Crippen molar-refractivity contribution in [1.82, 2.24) is 20.9 Å². The number of oxazole rings is 1. The molecule has 3 N–H and O–H groups in total. The molecule has 1 aromatic heterocycles. The molecular weight excluding hydrogens is 512 g/mol. The minimum absolute atomic E-state index is 0.101. The van der Waals surface area contributed by atoms with E-state index in [0.717, 1.165) is 37.1 Å².